The maximum absolute atomic E-state index is 12.5. The summed E-state index contributed by atoms with van der Waals surface area (Å²) in [6.07, 6.45) is 5.86. The van der Waals surface area contributed by atoms with Crippen molar-refractivity contribution in [1.29, 1.82) is 0 Å². The summed E-state index contributed by atoms with van der Waals surface area (Å²) in [7, 11) is 1.94. The zero-order chi connectivity index (χ0) is 15.1. The Morgan fingerprint density at radius 2 is 2.10 bits per heavy atom. The lowest BCUT2D eigenvalue weighted by atomic mass is 9.87. The van der Waals surface area contributed by atoms with Crippen molar-refractivity contribution in [3.63, 3.8) is 0 Å². The van der Waals surface area contributed by atoms with Crippen LogP contribution in [-0.4, -0.2) is 37.0 Å². The van der Waals surface area contributed by atoms with Crippen LogP contribution in [0.25, 0.3) is 0 Å². The van der Waals surface area contributed by atoms with Gasteiger partial charge in [0, 0.05) is 19.0 Å². The fourth-order valence-corrected chi connectivity index (χ4v) is 3.26. The Hall–Kier alpha value is -1.35. The van der Waals surface area contributed by atoms with Gasteiger partial charge in [-0.25, -0.2) is 0 Å². The third kappa shape index (κ3) is 4.31. The van der Waals surface area contributed by atoms with E-state index in [1.54, 1.807) is 0 Å². The summed E-state index contributed by atoms with van der Waals surface area (Å²) in [6, 6.07) is 9.06. The molecule has 1 N–H and O–H groups in total. The Kier molecular flexibility index (Phi) is 6.24. The fourth-order valence-electron chi connectivity index (χ4n) is 3.26. The number of rotatable bonds is 7. The van der Waals surface area contributed by atoms with Crippen LogP contribution < -0.4 is 5.32 Å². The molecule has 0 fully saturated rings. The normalized spacial score (nSPS) is 17.3. The first kappa shape index (κ1) is 16.0. The van der Waals surface area contributed by atoms with E-state index in [4.69, 9.17) is 0 Å². The van der Waals surface area contributed by atoms with Gasteiger partial charge < -0.3 is 10.2 Å². The van der Waals surface area contributed by atoms with Crippen LogP contribution in [-0.2, 0) is 17.6 Å². The summed E-state index contributed by atoms with van der Waals surface area (Å²) < 4.78 is 0. The molecule has 0 bridgehead atoms. The zero-order valence-electron chi connectivity index (χ0n) is 13.4. The van der Waals surface area contributed by atoms with E-state index in [1.807, 2.05) is 7.05 Å². The Morgan fingerprint density at radius 3 is 2.81 bits per heavy atom. The predicted molar refractivity (Wildman–Crippen MR) is 87.4 cm³/mol. The molecule has 0 aliphatic heterocycles. The van der Waals surface area contributed by atoms with E-state index in [0.717, 1.165) is 45.2 Å². The number of hydrogen-bond donors (Lipinski definition) is 1. The number of benzene rings is 1. The van der Waals surface area contributed by atoms with Gasteiger partial charge in [0.25, 0.3) is 0 Å². The average molecular weight is 288 g/mol. The maximum Gasteiger partial charge on any atom is 0.222 e. The van der Waals surface area contributed by atoms with E-state index >= 15 is 0 Å². The summed E-state index contributed by atoms with van der Waals surface area (Å²) >= 11 is 0. The molecule has 21 heavy (non-hydrogen) atoms. The van der Waals surface area contributed by atoms with Gasteiger partial charge in [0.1, 0.15) is 0 Å². The Labute approximate surface area is 128 Å². The highest BCUT2D eigenvalue weighted by molar-refractivity contribution is 5.76. The summed E-state index contributed by atoms with van der Waals surface area (Å²) in [5, 5.41) is 3.12. The van der Waals surface area contributed by atoms with E-state index in [9.17, 15) is 4.79 Å². The highest BCUT2D eigenvalue weighted by atomic mass is 16.2. The lowest BCUT2D eigenvalue weighted by molar-refractivity contribution is -0.133. The molecule has 116 valence electrons. The van der Waals surface area contributed by atoms with Gasteiger partial charge in [0.05, 0.1) is 0 Å². The number of carbonyl (C=O) groups excluding carboxylic acids is 1. The molecule has 0 radical (unpaired) electrons. The van der Waals surface area contributed by atoms with Crippen LogP contribution in [0.5, 0.6) is 0 Å². The first-order valence-electron chi connectivity index (χ1n) is 8.27. The third-order valence-electron chi connectivity index (χ3n) is 4.36. The van der Waals surface area contributed by atoms with Gasteiger partial charge in [-0.1, -0.05) is 31.2 Å². The van der Waals surface area contributed by atoms with Crippen molar-refractivity contribution in [3.8, 4) is 0 Å². The number of amides is 1. The topological polar surface area (TPSA) is 32.3 Å². The SMILES string of the molecule is CCCN(C(=O)CCCNC)C1CCc2ccccc2C1. The Bertz CT molecular complexity index is 458. The molecular formula is C18H28N2O. The second-order valence-electron chi connectivity index (χ2n) is 5.96. The van der Waals surface area contributed by atoms with E-state index in [-0.39, 0.29) is 0 Å². The highest BCUT2D eigenvalue weighted by Gasteiger charge is 2.26. The molecule has 1 aliphatic rings. The van der Waals surface area contributed by atoms with Crippen LogP contribution in [0, 0.1) is 0 Å². The Morgan fingerprint density at radius 1 is 1.33 bits per heavy atom. The molecule has 1 aliphatic carbocycles. The van der Waals surface area contributed by atoms with Gasteiger partial charge in [-0.2, -0.15) is 0 Å². The van der Waals surface area contributed by atoms with E-state index < -0.39 is 0 Å². The first-order valence-corrected chi connectivity index (χ1v) is 8.27. The van der Waals surface area contributed by atoms with Crippen LogP contribution in [0.15, 0.2) is 24.3 Å². The van der Waals surface area contributed by atoms with Crippen LogP contribution >= 0.6 is 0 Å². The van der Waals surface area contributed by atoms with Crippen molar-refractivity contribution in [1.82, 2.24) is 10.2 Å². The number of fused-ring (bicyclic) bond motifs is 1. The number of nitrogens with zero attached hydrogens (tertiary/aromatic N) is 1. The predicted octanol–water partition coefficient (Wildman–Crippen LogP) is 2.78. The van der Waals surface area contributed by atoms with Crippen molar-refractivity contribution in [2.24, 2.45) is 0 Å². The minimum absolute atomic E-state index is 0.330. The van der Waals surface area contributed by atoms with E-state index in [2.05, 4.69) is 41.4 Å². The number of hydrogen-bond acceptors (Lipinski definition) is 2. The summed E-state index contributed by atoms with van der Waals surface area (Å²) in [6.45, 7) is 3.97. The Balaban J connectivity index is 2.00. The molecule has 1 unspecified atom stereocenters. The van der Waals surface area contributed by atoms with Crippen LogP contribution in [0.2, 0.25) is 0 Å². The second-order valence-corrected chi connectivity index (χ2v) is 5.96. The van der Waals surface area contributed by atoms with Gasteiger partial charge in [0.2, 0.25) is 5.91 Å². The minimum Gasteiger partial charge on any atom is -0.339 e. The van der Waals surface area contributed by atoms with Gasteiger partial charge >= 0.3 is 0 Å². The molecule has 3 heteroatoms. The van der Waals surface area contributed by atoms with Crippen molar-refractivity contribution in [3.05, 3.63) is 35.4 Å². The molecule has 0 aromatic heterocycles. The van der Waals surface area contributed by atoms with Gasteiger partial charge in [-0.05, 0) is 56.8 Å². The molecule has 0 saturated carbocycles. The molecule has 1 atom stereocenters. The van der Waals surface area contributed by atoms with Crippen molar-refractivity contribution < 1.29 is 4.79 Å². The summed E-state index contributed by atoms with van der Waals surface area (Å²) in [5.41, 5.74) is 2.89. The largest absolute Gasteiger partial charge is 0.339 e. The lowest BCUT2D eigenvalue weighted by Gasteiger charge is -2.35. The van der Waals surface area contributed by atoms with Gasteiger partial charge in [0.15, 0.2) is 0 Å². The van der Waals surface area contributed by atoms with Crippen molar-refractivity contribution in [2.45, 2.75) is 51.5 Å². The van der Waals surface area contributed by atoms with E-state index in [1.165, 1.54) is 11.1 Å². The average Bonchev–Trinajstić information content (AvgIpc) is 2.52. The first-order chi connectivity index (χ1) is 10.3. The molecule has 1 aromatic carbocycles. The number of nitrogens with one attached hydrogen (secondary N) is 1. The summed E-state index contributed by atoms with van der Waals surface area (Å²) in [4.78, 5) is 14.7. The molecule has 0 spiro atoms. The van der Waals surface area contributed by atoms with Gasteiger partial charge in [-0.15, -0.1) is 0 Å². The molecular weight excluding hydrogens is 260 g/mol. The van der Waals surface area contributed by atoms with E-state index in [0.29, 0.717) is 18.4 Å². The number of carbonyl (C=O) groups is 1. The highest BCUT2D eigenvalue weighted by Crippen LogP contribution is 2.25. The maximum atomic E-state index is 12.5. The molecule has 1 amide bonds. The quantitative estimate of drug-likeness (QED) is 0.783. The molecule has 2 rings (SSSR count). The number of aryl methyl sites for hydroxylation is 1. The third-order valence-corrected chi connectivity index (χ3v) is 4.36. The fraction of sp³-hybridized carbons (Fsp3) is 0.611. The molecule has 0 heterocycles. The second kappa shape index (κ2) is 8.18. The minimum atomic E-state index is 0.330. The molecule has 0 saturated heterocycles. The zero-order valence-corrected chi connectivity index (χ0v) is 13.4. The van der Waals surface area contributed by atoms with Gasteiger partial charge in [-0.3, -0.25) is 4.79 Å². The van der Waals surface area contributed by atoms with Crippen LogP contribution in [0.4, 0.5) is 0 Å². The molecule has 3 nitrogen and oxygen atoms in total. The summed E-state index contributed by atoms with van der Waals surface area (Å²) in [5.74, 6) is 0.330. The molecule has 1 aromatic rings. The lowest BCUT2D eigenvalue weighted by Crippen LogP contribution is -2.44. The van der Waals surface area contributed by atoms with Crippen molar-refractivity contribution >= 4 is 5.91 Å². The smallest absolute Gasteiger partial charge is 0.222 e. The standard InChI is InChI=1S/C18H28N2O/c1-3-13-20(18(21)9-6-12-19-2)17-11-10-15-7-4-5-8-16(15)14-17/h4-5,7-8,17,19H,3,6,9-14H2,1-2H3. The monoisotopic (exact) mass is 288 g/mol. The van der Waals surface area contributed by atoms with Crippen LogP contribution in [0.1, 0.15) is 43.7 Å². The van der Waals surface area contributed by atoms with Crippen LogP contribution in [0.3, 0.4) is 0 Å². The van der Waals surface area contributed by atoms with Crippen molar-refractivity contribution in [2.75, 3.05) is 20.1 Å².